The van der Waals surface area contributed by atoms with Crippen LogP contribution in [0.2, 0.25) is 0 Å². The van der Waals surface area contributed by atoms with Crippen LogP contribution >= 0.6 is 0 Å². The Bertz CT molecular complexity index is 679. The Kier molecular flexibility index (Phi) is 10.9. The molecule has 0 aromatic carbocycles. The van der Waals surface area contributed by atoms with Gasteiger partial charge < -0.3 is 19.5 Å². The van der Waals surface area contributed by atoms with E-state index in [-0.39, 0.29) is 36.2 Å². The van der Waals surface area contributed by atoms with Crippen LogP contribution in [0.4, 0.5) is 4.79 Å². The molecule has 1 rings (SSSR count). The molecule has 0 saturated heterocycles. The molecule has 1 aliphatic rings. The first-order valence-corrected chi connectivity index (χ1v) is 10.8. The van der Waals surface area contributed by atoms with Gasteiger partial charge in [-0.1, -0.05) is 33.9 Å². The molecule has 9 heteroatoms. The molecule has 182 valence electrons. The summed E-state index contributed by atoms with van der Waals surface area (Å²) >= 11 is 0. The van der Waals surface area contributed by atoms with Crippen molar-refractivity contribution < 1.29 is 33.4 Å². The monoisotopic (exact) mass is 454 g/mol. The molecule has 1 aliphatic carbocycles. The fraction of sp³-hybridized carbons (Fsp3) is 0.696. The molecule has 2 N–H and O–H groups in total. The van der Waals surface area contributed by atoms with Crippen molar-refractivity contribution in [3.8, 4) is 0 Å². The van der Waals surface area contributed by atoms with Gasteiger partial charge >= 0.3 is 18.0 Å². The molecule has 1 fully saturated rings. The summed E-state index contributed by atoms with van der Waals surface area (Å²) in [5.41, 5.74) is 2.96. The molecule has 9 nitrogen and oxygen atoms in total. The van der Waals surface area contributed by atoms with Crippen LogP contribution in [0.5, 0.6) is 0 Å². The lowest BCUT2D eigenvalue weighted by molar-refractivity contribution is -0.145. The second-order valence-electron chi connectivity index (χ2n) is 9.54. The molecule has 0 aliphatic heterocycles. The molecular formula is C23H38N2O7. The standard InChI is InChI=1S/C23H38N2O7/c1-8-19(26)29-12-16(3)31-21(28)24-15-23(7)11-18(10-22(5,6)14-23)25-32-17(4)13-30-20(27)9-2/h8-9,16-18,25H,1-2,10-15H2,3-7H3,(H,24,28). The molecular weight excluding hydrogens is 416 g/mol. The maximum Gasteiger partial charge on any atom is 0.407 e. The highest BCUT2D eigenvalue weighted by Gasteiger charge is 2.41. The lowest BCUT2D eigenvalue weighted by Gasteiger charge is -2.46. The van der Waals surface area contributed by atoms with Crippen molar-refractivity contribution in [1.82, 2.24) is 10.8 Å². The van der Waals surface area contributed by atoms with E-state index in [9.17, 15) is 14.4 Å². The van der Waals surface area contributed by atoms with E-state index >= 15 is 0 Å². The molecule has 4 atom stereocenters. The van der Waals surface area contributed by atoms with Gasteiger partial charge in [-0.2, -0.15) is 5.48 Å². The van der Waals surface area contributed by atoms with Crippen molar-refractivity contribution in [2.75, 3.05) is 19.8 Å². The summed E-state index contributed by atoms with van der Waals surface area (Å²) in [4.78, 5) is 40.1. The predicted octanol–water partition coefficient (Wildman–Crippen LogP) is 3.05. The summed E-state index contributed by atoms with van der Waals surface area (Å²) in [6.45, 7) is 17.1. The van der Waals surface area contributed by atoms with Crippen LogP contribution < -0.4 is 10.8 Å². The van der Waals surface area contributed by atoms with E-state index in [1.807, 2.05) is 6.92 Å². The number of alkyl carbamates (subject to hydrolysis) is 1. The van der Waals surface area contributed by atoms with Crippen LogP contribution in [-0.2, 0) is 28.6 Å². The quantitative estimate of drug-likeness (QED) is 0.200. The highest BCUT2D eigenvalue weighted by molar-refractivity contribution is 5.81. The van der Waals surface area contributed by atoms with E-state index in [4.69, 9.17) is 19.0 Å². The van der Waals surface area contributed by atoms with Gasteiger partial charge in [0.25, 0.3) is 0 Å². The number of rotatable bonds is 12. The fourth-order valence-electron chi connectivity index (χ4n) is 4.16. The van der Waals surface area contributed by atoms with Crippen LogP contribution in [0.15, 0.2) is 25.3 Å². The van der Waals surface area contributed by atoms with Gasteiger partial charge in [0.1, 0.15) is 25.4 Å². The minimum Gasteiger partial charge on any atom is -0.460 e. The van der Waals surface area contributed by atoms with Crippen LogP contribution in [0, 0.1) is 10.8 Å². The maximum absolute atomic E-state index is 12.2. The zero-order valence-corrected chi connectivity index (χ0v) is 19.9. The molecule has 32 heavy (non-hydrogen) atoms. The first-order chi connectivity index (χ1) is 14.9. The molecule has 4 unspecified atom stereocenters. The first-order valence-electron chi connectivity index (χ1n) is 10.8. The number of ether oxygens (including phenoxy) is 3. The van der Waals surface area contributed by atoms with Crippen LogP contribution in [0.25, 0.3) is 0 Å². The lowest BCUT2D eigenvalue weighted by atomic mass is 9.63. The van der Waals surface area contributed by atoms with Gasteiger partial charge in [-0.15, -0.1) is 0 Å². The topological polar surface area (TPSA) is 112 Å². The SMILES string of the molecule is C=CC(=O)OCC(C)ONC1CC(C)(C)CC(C)(CNC(=O)OC(C)COC(=O)C=C)C1. The number of hydrogen-bond acceptors (Lipinski definition) is 8. The third kappa shape index (κ3) is 10.8. The van der Waals surface area contributed by atoms with Crippen molar-refractivity contribution in [2.45, 2.75) is 72.1 Å². The van der Waals surface area contributed by atoms with E-state index in [0.717, 1.165) is 31.4 Å². The van der Waals surface area contributed by atoms with Crippen LogP contribution in [-0.4, -0.2) is 56.0 Å². The molecule has 1 amide bonds. The lowest BCUT2D eigenvalue weighted by Crippen LogP contribution is -2.50. The van der Waals surface area contributed by atoms with Gasteiger partial charge in [-0.25, -0.2) is 14.4 Å². The number of nitrogens with one attached hydrogen (secondary N) is 2. The summed E-state index contributed by atoms with van der Waals surface area (Å²) in [6.07, 6.45) is 3.31. The van der Waals surface area contributed by atoms with Gasteiger partial charge in [-0.05, 0) is 43.9 Å². The number of carbonyl (C=O) groups excluding carboxylic acids is 3. The first kappa shape index (κ1) is 27.6. The summed E-state index contributed by atoms with van der Waals surface area (Å²) < 4.78 is 15.1. The number of hydroxylamine groups is 1. The Morgan fingerprint density at radius 3 is 2.12 bits per heavy atom. The normalized spacial score (nSPS) is 23.8. The van der Waals surface area contributed by atoms with Crippen molar-refractivity contribution in [2.24, 2.45) is 10.8 Å². The van der Waals surface area contributed by atoms with Crippen molar-refractivity contribution in [3.05, 3.63) is 25.3 Å². The molecule has 0 aromatic rings. The number of hydrogen-bond donors (Lipinski definition) is 2. The molecule has 0 aromatic heterocycles. The predicted molar refractivity (Wildman–Crippen MR) is 119 cm³/mol. The average molecular weight is 455 g/mol. The zero-order valence-electron chi connectivity index (χ0n) is 19.9. The Morgan fingerprint density at radius 1 is 1.00 bits per heavy atom. The Balaban J connectivity index is 2.52. The number of carbonyl (C=O) groups is 3. The zero-order chi connectivity index (χ0) is 24.4. The van der Waals surface area contributed by atoms with Gasteiger partial charge in [0.2, 0.25) is 0 Å². The Morgan fingerprint density at radius 2 is 1.56 bits per heavy atom. The smallest absolute Gasteiger partial charge is 0.407 e. The highest BCUT2D eigenvalue weighted by Crippen LogP contribution is 2.45. The van der Waals surface area contributed by atoms with E-state index in [2.05, 4.69) is 44.7 Å². The van der Waals surface area contributed by atoms with Crippen molar-refractivity contribution in [3.63, 3.8) is 0 Å². The molecule has 0 spiro atoms. The van der Waals surface area contributed by atoms with Gasteiger partial charge in [0, 0.05) is 24.7 Å². The van der Waals surface area contributed by atoms with E-state index in [0.29, 0.717) is 6.54 Å². The van der Waals surface area contributed by atoms with Crippen LogP contribution in [0.3, 0.4) is 0 Å². The Hall–Kier alpha value is -2.39. The summed E-state index contributed by atoms with van der Waals surface area (Å²) in [5, 5.41) is 2.83. The van der Waals surface area contributed by atoms with Crippen LogP contribution in [0.1, 0.15) is 53.9 Å². The molecule has 0 radical (unpaired) electrons. The second kappa shape index (κ2) is 12.6. The minimum atomic E-state index is -0.575. The molecule has 1 saturated carbocycles. The van der Waals surface area contributed by atoms with Gasteiger partial charge in [0.05, 0.1) is 0 Å². The van der Waals surface area contributed by atoms with Crippen molar-refractivity contribution >= 4 is 18.0 Å². The largest absolute Gasteiger partial charge is 0.460 e. The summed E-state index contributed by atoms with van der Waals surface area (Å²) in [6, 6.07) is 0.0661. The third-order valence-electron chi connectivity index (χ3n) is 5.10. The average Bonchev–Trinajstić information content (AvgIpc) is 2.71. The third-order valence-corrected chi connectivity index (χ3v) is 5.10. The van der Waals surface area contributed by atoms with Crippen molar-refractivity contribution in [1.29, 1.82) is 0 Å². The number of amides is 1. The second-order valence-corrected chi connectivity index (χ2v) is 9.54. The minimum absolute atomic E-state index is 0.0321. The van der Waals surface area contributed by atoms with E-state index in [1.165, 1.54) is 0 Å². The van der Waals surface area contributed by atoms with E-state index in [1.54, 1.807) is 6.92 Å². The molecule has 0 heterocycles. The van der Waals surface area contributed by atoms with Gasteiger partial charge in [0.15, 0.2) is 0 Å². The summed E-state index contributed by atoms with van der Waals surface area (Å²) in [7, 11) is 0. The molecule has 0 bridgehead atoms. The van der Waals surface area contributed by atoms with Gasteiger partial charge in [-0.3, -0.25) is 4.84 Å². The van der Waals surface area contributed by atoms with E-state index < -0.39 is 24.1 Å². The summed E-state index contributed by atoms with van der Waals surface area (Å²) in [5.74, 6) is -1.05. The maximum atomic E-state index is 12.2. The number of esters is 2. The fourth-order valence-corrected chi connectivity index (χ4v) is 4.16. The highest BCUT2D eigenvalue weighted by atomic mass is 16.7. The Labute approximate surface area is 190 Å².